The van der Waals surface area contributed by atoms with Crippen molar-refractivity contribution in [2.24, 2.45) is 0 Å². The van der Waals surface area contributed by atoms with E-state index < -0.39 is 0 Å². The van der Waals surface area contributed by atoms with E-state index in [0.717, 1.165) is 15.7 Å². The first kappa shape index (κ1) is 14.2. The van der Waals surface area contributed by atoms with Gasteiger partial charge in [0.2, 0.25) is 0 Å². The van der Waals surface area contributed by atoms with Crippen LogP contribution in [-0.4, -0.2) is 0 Å². The highest BCUT2D eigenvalue weighted by atomic mass is 79.9. The standard InChI is InChI=1S/C14H9BrCl2N2/c15-11-3-1-10(6-12(11)16)8-19-14-4-2-9(7-18)5-13(14)17/h1-6,19H,8H2. The Morgan fingerprint density at radius 3 is 2.53 bits per heavy atom. The second-order valence-electron chi connectivity index (χ2n) is 3.91. The average Bonchev–Trinajstić information content (AvgIpc) is 2.41. The lowest BCUT2D eigenvalue weighted by molar-refractivity contribution is 1.15. The summed E-state index contributed by atoms with van der Waals surface area (Å²) in [6, 6.07) is 13.0. The maximum Gasteiger partial charge on any atom is 0.0992 e. The normalized spacial score (nSPS) is 10.0. The molecule has 2 nitrogen and oxygen atoms in total. The summed E-state index contributed by atoms with van der Waals surface area (Å²) in [6.45, 7) is 0.610. The van der Waals surface area contributed by atoms with Crippen molar-refractivity contribution >= 4 is 44.8 Å². The molecule has 0 unspecified atom stereocenters. The maximum absolute atomic E-state index is 8.77. The molecule has 19 heavy (non-hydrogen) atoms. The Kier molecular flexibility index (Phi) is 4.71. The van der Waals surface area contributed by atoms with Crippen LogP contribution in [0.2, 0.25) is 10.0 Å². The van der Waals surface area contributed by atoms with Gasteiger partial charge in [-0.05, 0) is 51.8 Å². The van der Waals surface area contributed by atoms with Gasteiger partial charge in [-0.2, -0.15) is 5.26 Å². The van der Waals surface area contributed by atoms with Crippen LogP contribution >= 0.6 is 39.1 Å². The Balaban J connectivity index is 2.10. The number of hydrogen-bond acceptors (Lipinski definition) is 2. The number of hydrogen-bond donors (Lipinski definition) is 1. The van der Waals surface area contributed by atoms with E-state index >= 15 is 0 Å². The van der Waals surface area contributed by atoms with Crippen LogP contribution in [0.5, 0.6) is 0 Å². The predicted octanol–water partition coefficient (Wildman–Crippen LogP) is 5.24. The van der Waals surface area contributed by atoms with E-state index in [9.17, 15) is 0 Å². The van der Waals surface area contributed by atoms with Crippen molar-refractivity contribution < 1.29 is 0 Å². The van der Waals surface area contributed by atoms with E-state index in [1.807, 2.05) is 24.3 Å². The molecule has 2 aromatic rings. The minimum atomic E-state index is 0.530. The lowest BCUT2D eigenvalue weighted by Gasteiger charge is -2.09. The Labute approximate surface area is 130 Å². The maximum atomic E-state index is 8.77. The summed E-state index contributed by atoms with van der Waals surface area (Å²) in [5, 5.41) is 13.2. The number of benzene rings is 2. The Hall–Kier alpha value is -1.21. The van der Waals surface area contributed by atoms with Crippen LogP contribution in [0.25, 0.3) is 0 Å². The number of nitrogens with zero attached hydrogens (tertiary/aromatic N) is 1. The zero-order valence-corrected chi connectivity index (χ0v) is 12.9. The first-order chi connectivity index (χ1) is 9.10. The highest BCUT2D eigenvalue weighted by molar-refractivity contribution is 9.10. The van der Waals surface area contributed by atoms with Gasteiger partial charge < -0.3 is 5.32 Å². The van der Waals surface area contributed by atoms with Crippen molar-refractivity contribution in [1.29, 1.82) is 5.26 Å². The molecule has 0 spiro atoms. The number of rotatable bonds is 3. The molecule has 0 saturated heterocycles. The molecular weight excluding hydrogens is 347 g/mol. The summed E-state index contributed by atoms with van der Waals surface area (Å²) in [7, 11) is 0. The molecule has 0 aliphatic heterocycles. The fourth-order valence-electron chi connectivity index (χ4n) is 1.57. The molecule has 2 aromatic carbocycles. The Morgan fingerprint density at radius 1 is 1.11 bits per heavy atom. The molecule has 0 heterocycles. The van der Waals surface area contributed by atoms with Crippen LogP contribution in [0, 0.1) is 11.3 Å². The highest BCUT2D eigenvalue weighted by Crippen LogP contribution is 2.26. The summed E-state index contributed by atoms with van der Waals surface area (Å²) >= 11 is 15.5. The van der Waals surface area contributed by atoms with E-state index in [1.165, 1.54) is 0 Å². The molecule has 96 valence electrons. The van der Waals surface area contributed by atoms with Gasteiger partial charge in [-0.3, -0.25) is 0 Å². The third-order valence-corrected chi connectivity index (χ3v) is 4.11. The fourth-order valence-corrected chi connectivity index (χ4v) is 2.27. The lowest BCUT2D eigenvalue weighted by atomic mass is 10.2. The number of halogens is 3. The van der Waals surface area contributed by atoms with E-state index in [1.54, 1.807) is 18.2 Å². The van der Waals surface area contributed by atoms with Crippen molar-refractivity contribution in [1.82, 2.24) is 0 Å². The quantitative estimate of drug-likeness (QED) is 0.817. The lowest BCUT2D eigenvalue weighted by Crippen LogP contribution is -2.00. The molecule has 0 aliphatic carbocycles. The van der Waals surface area contributed by atoms with Gasteiger partial charge in [-0.1, -0.05) is 29.3 Å². The van der Waals surface area contributed by atoms with Crippen LogP contribution < -0.4 is 5.32 Å². The van der Waals surface area contributed by atoms with Crippen molar-refractivity contribution in [2.45, 2.75) is 6.54 Å². The Morgan fingerprint density at radius 2 is 1.89 bits per heavy atom. The summed E-state index contributed by atoms with van der Waals surface area (Å²) in [4.78, 5) is 0. The van der Waals surface area contributed by atoms with Crippen molar-refractivity contribution in [2.75, 3.05) is 5.32 Å². The average molecular weight is 356 g/mol. The van der Waals surface area contributed by atoms with E-state index in [-0.39, 0.29) is 0 Å². The van der Waals surface area contributed by atoms with Crippen molar-refractivity contribution in [3.8, 4) is 6.07 Å². The molecule has 0 atom stereocenters. The van der Waals surface area contributed by atoms with Crippen LogP contribution in [0.15, 0.2) is 40.9 Å². The Bertz CT molecular complexity index is 650. The molecule has 2 rings (SSSR count). The minimum Gasteiger partial charge on any atom is -0.380 e. The number of nitrogens with one attached hydrogen (secondary N) is 1. The largest absolute Gasteiger partial charge is 0.380 e. The second kappa shape index (κ2) is 6.29. The van der Waals surface area contributed by atoms with Crippen LogP contribution in [0.1, 0.15) is 11.1 Å². The SMILES string of the molecule is N#Cc1ccc(NCc2ccc(Br)c(Cl)c2)c(Cl)c1. The molecule has 0 fully saturated rings. The molecule has 0 saturated carbocycles. The van der Waals surface area contributed by atoms with Gasteiger partial charge in [0.05, 0.1) is 27.4 Å². The van der Waals surface area contributed by atoms with Gasteiger partial charge in [-0.25, -0.2) is 0 Å². The first-order valence-corrected chi connectivity index (χ1v) is 7.02. The predicted molar refractivity (Wildman–Crippen MR) is 82.6 cm³/mol. The summed E-state index contributed by atoms with van der Waals surface area (Å²) < 4.78 is 0.870. The highest BCUT2D eigenvalue weighted by Gasteiger charge is 2.03. The molecule has 1 N–H and O–H groups in total. The molecule has 0 aromatic heterocycles. The summed E-state index contributed by atoms with van der Waals surface area (Å²) in [5.41, 5.74) is 2.38. The second-order valence-corrected chi connectivity index (χ2v) is 5.58. The minimum absolute atomic E-state index is 0.530. The smallest absolute Gasteiger partial charge is 0.0992 e. The molecule has 5 heteroatoms. The topological polar surface area (TPSA) is 35.8 Å². The number of anilines is 1. The third-order valence-electron chi connectivity index (χ3n) is 2.57. The third kappa shape index (κ3) is 3.63. The monoisotopic (exact) mass is 354 g/mol. The van der Waals surface area contributed by atoms with E-state index in [2.05, 4.69) is 21.2 Å². The van der Waals surface area contributed by atoms with Crippen LogP contribution in [0.3, 0.4) is 0 Å². The van der Waals surface area contributed by atoms with Crippen LogP contribution in [-0.2, 0) is 6.54 Å². The van der Waals surface area contributed by atoms with E-state index in [0.29, 0.717) is 22.2 Å². The zero-order chi connectivity index (χ0) is 13.8. The fraction of sp³-hybridized carbons (Fsp3) is 0.0714. The molecular formula is C14H9BrCl2N2. The zero-order valence-electron chi connectivity index (χ0n) is 9.75. The van der Waals surface area contributed by atoms with Crippen molar-refractivity contribution in [3.05, 3.63) is 62.0 Å². The van der Waals surface area contributed by atoms with Gasteiger partial charge >= 0.3 is 0 Å². The van der Waals surface area contributed by atoms with Gasteiger partial charge in [0.25, 0.3) is 0 Å². The van der Waals surface area contributed by atoms with Gasteiger partial charge in [0.1, 0.15) is 0 Å². The van der Waals surface area contributed by atoms with Gasteiger partial charge in [0.15, 0.2) is 0 Å². The molecule has 0 amide bonds. The van der Waals surface area contributed by atoms with Crippen molar-refractivity contribution in [3.63, 3.8) is 0 Å². The summed E-state index contributed by atoms with van der Waals surface area (Å²) in [5.74, 6) is 0. The molecule has 0 aliphatic rings. The number of nitriles is 1. The van der Waals surface area contributed by atoms with Gasteiger partial charge in [-0.15, -0.1) is 0 Å². The van der Waals surface area contributed by atoms with Crippen LogP contribution in [0.4, 0.5) is 5.69 Å². The van der Waals surface area contributed by atoms with E-state index in [4.69, 9.17) is 28.5 Å². The van der Waals surface area contributed by atoms with Gasteiger partial charge in [0, 0.05) is 11.0 Å². The first-order valence-electron chi connectivity index (χ1n) is 5.47. The molecule has 0 bridgehead atoms. The summed E-state index contributed by atoms with van der Waals surface area (Å²) in [6.07, 6.45) is 0. The molecule has 0 radical (unpaired) electrons.